The number of nitrogens with one attached hydrogen (secondary N) is 1. The van der Waals surface area contributed by atoms with Gasteiger partial charge >= 0.3 is 5.97 Å². The lowest BCUT2D eigenvalue weighted by atomic mass is 10.1. The Hall–Kier alpha value is -2.88. The number of aryl methyl sites for hydroxylation is 1. The molecule has 0 saturated carbocycles. The second kappa shape index (κ2) is 5.25. The van der Waals surface area contributed by atoms with Crippen LogP contribution in [0.1, 0.15) is 15.9 Å². The van der Waals surface area contributed by atoms with Gasteiger partial charge < -0.3 is 10.4 Å². The second-order valence-electron chi connectivity index (χ2n) is 4.85. The summed E-state index contributed by atoms with van der Waals surface area (Å²) in [5.74, 6) is -0.948. The summed E-state index contributed by atoms with van der Waals surface area (Å²) >= 11 is 0. The lowest BCUT2D eigenvalue weighted by Gasteiger charge is -2.12. The highest BCUT2D eigenvalue weighted by atomic mass is 16.4. The monoisotopic (exact) mass is 278 g/mol. The average molecular weight is 278 g/mol. The van der Waals surface area contributed by atoms with Gasteiger partial charge in [-0.2, -0.15) is 0 Å². The summed E-state index contributed by atoms with van der Waals surface area (Å²) in [6.45, 7) is 1.93. The summed E-state index contributed by atoms with van der Waals surface area (Å²) in [7, 11) is 0. The number of aromatic nitrogens is 1. The first-order valence-corrected chi connectivity index (χ1v) is 6.60. The fraction of sp³-hybridized carbons (Fsp3) is 0.0588. The highest BCUT2D eigenvalue weighted by Gasteiger charge is 2.11. The Kier molecular flexibility index (Phi) is 3.28. The molecule has 1 heterocycles. The van der Waals surface area contributed by atoms with Crippen molar-refractivity contribution in [3.8, 4) is 0 Å². The van der Waals surface area contributed by atoms with Crippen LogP contribution in [0.3, 0.4) is 0 Å². The number of anilines is 2. The van der Waals surface area contributed by atoms with E-state index in [1.165, 1.54) is 0 Å². The summed E-state index contributed by atoms with van der Waals surface area (Å²) in [5, 5.41) is 13.5. The first-order chi connectivity index (χ1) is 10.1. The second-order valence-corrected chi connectivity index (χ2v) is 4.85. The maximum absolute atomic E-state index is 11.3. The highest BCUT2D eigenvalue weighted by molar-refractivity contribution is 5.98. The summed E-state index contributed by atoms with van der Waals surface area (Å²) < 4.78 is 0. The number of carboxylic acids is 1. The van der Waals surface area contributed by atoms with Gasteiger partial charge in [0.2, 0.25) is 0 Å². The summed E-state index contributed by atoms with van der Waals surface area (Å²) in [6, 6.07) is 14.8. The molecule has 2 aromatic carbocycles. The highest BCUT2D eigenvalue weighted by Crippen LogP contribution is 2.27. The van der Waals surface area contributed by atoms with E-state index in [9.17, 15) is 9.90 Å². The maximum atomic E-state index is 11.3. The van der Waals surface area contributed by atoms with Crippen LogP contribution in [0.25, 0.3) is 10.9 Å². The van der Waals surface area contributed by atoms with Gasteiger partial charge in [-0.25, -0.2) is 4.79 Å². The van der Waals surface area contributed by atoms with E-state index in [1.807, 2.05) is 43.3 Å². The van der Waals surface area contributed by atoms with Crippen molar-refractivity contribution in [3.05, 3.63) is 65.9 Å². The van der Waals surface area contributed by atoms with Crippen LogP contribution in [-0.2, 0) is 0 Å². The Balaban J connectivity index is 2.11. The van der Waals surface area contributed by atoms with Gasteiger partial charge in [-0.05, 0) is 48.9 Å². The minimum Gasteiger partial charge on any atom is -0.478 e. The molecular formula is C17H14N2O2. The van der Waals surface area contributed by atoms with Gasteiger partial charge in [-0.15, -0.1) is 0 Å². The lowest BCUT2D eigenvalue weighted by molar-refractivity contribution is 0.0698. The van der Waals surface area contributed by atoms with Crippen molar-refractivity contribution in [2.24, 2.45) is 0 Å². The molecule has 0 amide bonds. The van der Waals surface area contributed by atoms with Gasteiger partial charge in [0, 0.05) is 17.3 Å². The van der Waals surface area contributed by atoms with Crippen molar-refractivity contribution in [1.82, 2.24) is 4.98 Å². The van der Waals surface area contributed by atoms with Gasteiger partial charge in [-0.1, -0.05) is 12.1 Å². The molecule has 0 radical (unpaired) electrons. The number of aromatic carboxylic acids is 1. The Morgan fingerprint density at radius 3 is 2.76 bits per heavy atom. The van der Waals surface area contributed by atoms with Crippen LogP contribution in [0, 0.1) is 6.92 Å². The van der Waals surface area contributed by atoms with E-state index in [-0.39, 0.29) is 5.56 Å². The third-order valence-corrected chi connectivity index (χ3v) is 3.32. The molecule has 0 aliphatic carbocycles. The van der Waals surface area contributed by atoms with E-state index in [0.717, 1.165) is 22.2 Å². The molecular weight excluding hydrogens is 264 g/mol. The van der Waals surface area contributed by atoms with E-state index in [2.05, 4.69) is 10.3 Å². The van der Waals surface area contributed by atoms with Gasteiger partial charge in [-0.3, -0.25) is 4.98 Å². The zero-order chi connectivity index (χ0) is 14.8. The van der Waals surface area contributed by atoms with E-state index in [4.69, 9.17) is 0 Å². The largest absolute Gasteiger partial charge is 0.478 e. The van der Waals surface area contributed by atoms with Crippen molar-refractivity contribution in [1.29, 1.82) is 0 Å². The number of pyridine rings is 1. The smallest absolute Gasteiger partial charge is 0.337 e. The Labute approximate surface area is 122 Å². The first kappa shape index (κ1) is 13.1. The molecule has 2 N–H and O–H groups in total. The molecule has 3 aromatic rings. The third kappa shape index (κ3) is 2.56. The molecule has 4 nitrogen and oxygen atoms in total. The minimum absolute atomic E-state index is 0.251. The van der Waals surface area contributed by atoms with Gasteiger partial charge in [0.1, 0.15) is 0 Å². The first-order valence-electron chi connectivity index (χ1n) is 6.60. The molecule has 0 saturated heterocycles. The SMILES string of the molecule is Cc1ccc(C(=O)O)c(Nc2cccc3ncccc23)c1. The van der Waals surface area contributed by atoms with E-state index < -0.39 is 5.97 Å². The fourth-order valence-corrected chi connectivity index (χ4v) is 2.31. The Morgan fingerprint density at radius 2 is 1.95 bits per heavy atom. The van der Waals surface area contributed by atoms with Crippen LogP contribution < -0.4 is 5.32 Å². The predicted octanol–water partition coefficient (Wildman–Crippen LogP) is 3.99. The van der Waals surface area contributed by atoms with Gasteiger partial charge in [0.25, 0.3) is 0 Å². The molecule has 21 heavy (non-hydrogen) atoms. The molecule has 0 bridgehead atoms. The van der Waals surface area contributed by atoms with Crippen LogP contribution in [-0.4, -0.2) is 16.1 Å². The number of fused-ring (bicyclic) bond motifs is 1. The number of rotatable bonds is 3. The zero-order valence-corrected chi connectivity index (χ0v) is 11.5. The van der Waals surface area contributed by atoms with Crippen LogP contribution in [0.15, 0.2) is 54.7 Å². The van der Waals surface area contributed by atoms with E-state index >= 15 is 0 Å². The van der Waals surface area contributed by atoms with Crippen molar-refractivity contribution >= 4 is 28.2 Å². The van der Waals surface area contributed by atoms with Crippen LogP contribution in [0.4, 0.5) is 11.4 Å². The molecule has 1 aromatic heterocycles. The predicted molar refractivity (Wildman–Crippen MR) is 83.2 cm³/mol. The van der Waals surface area contributed by atoms with Crippen LogP contribution >= 0.6 is 0 Å². The number of benzene rings is 2. The summed E-state index contributed by atoms with van der Waals surface area (Å²) in [5.41, 5.74) is 3.54. The van der Waals surface area contributed by atoms with Gasteiger partial charge in [0.05, 0.1) is 16.8 Å². The molecule has 0 aliphatic heterocycles. The molecule has 0 atom stereocenters. The molecule has 104 valence electrons. The van der Waals surface area contributed by atoms with Gasteiger partial charge in [0.15, 0.2) is 0 Å². The maximum Gasteiger partial charge on any atom is 0.337 e. The van der Waals surface area contributed by atoms with Crippen LogP contribution in [0.5, 0.6) is 0 Å². The lowest BCUT2D eigenvalue weighted by Crippen LogP contribution is -2.03. The number of nitrogens with zero attached hydrogens (tertiary/aromatic N) is 1. The van der Waals surface area contributed by atoms with E-state index in [1.54, 1.807) is 18.3 Å². The molecule has 0 aliphatic rings. The molecule has 0 fully saturated rings. The number of carbonyl (C=O) groups is 1. The van der Waals surface area contributed by atoms with E-state index in [0.29, 0.717) is 5.69 Å². The third-order valence-electron chi connectivity index (χ3n) is 3.32. The topological polar surface area (TPSA) is 62.2 Å². The van der Waals surface area contributed by atoms with Crippen molar-refractivity contribution in [3.63, 3.8) is 0 Å². The molecule has 3 rings (SSSR count). The minimum atomic E-state index is -0.948. The molecule has 4 heteroatoms. The van der Waals surface area contributed by atoms with Crippen molar-refractivity contribution < 1.29 is 9.90 Å². The quantitative estimate of drug-likeness (QED) is 0.760. The average Bonchev–Trinajstić information content (AvgIpc) is 2.47. The van der Waals surface area contributed by atoms with Crippen LogP contribution in [0.2, 0.25) is 0 Å². The normalized spacial score (nSPS) is 10.5. The number of hydrogen-bond acceptors (Lipinski definition) is 3. The number of carboxylic acid groups (broad SMARTS) is 1. The zero-order valence-electron chi connectivity index (χ0n) is 11.5. The molecule has 0 spiro atoms. The van der Waals surface area contributed by atoms with Crippen molar-refractivity contribution in [2.75, 3.05) is 5.32 Å². The number of hydrogen-bond donors (Lipinski definition) is 2. The summed E-state index contributed by atoms with van der Waals surface area (Å²) in [6.07, 6.45) is 1.74. The van der Waals surface area contributed by atoms with Crippen molar-refractivity contribution in [2.45, 2.75) is 6.92 Å². The molecule has 0 unspecified atom stereocenters. The standard InChI is InChI=1S/C17H14N2O2/c1-11-7-8-13(17(20)21)16(10-11)19-15-6-2-5-14-12(15)4-3-9-18-14/h2-10,19H,1H3,(H,20,21). The fourth-order valence-electron chi connectivity index (χ4n) is 2.31. The summed E-state index contributed by atoms with van der Waals surface area (Å²) in [4.78, 5) is 15.6. The Morgan fingerprint density at radius 1 is 1.10 bits per heavy atom. The Bertz CT molecular complexity index is 823.